The van der Waals surface area contributed by atoms with Crippen LogP contribution in [0.15, 0.2) is 23.4 Å². The van der Waals surface area contributed by atoms with Crippen molar-refractivity contribution in [3.05, 3.63) is 35.3 Å². The molecular weight excluding hydrogens is 295 g/mol. The fourth-order valence-electron chi connectivity index (χ4n) is 1.68. The van der Waals surface area contributed by atoms with E-state index in [9.17, 15) is 21.6 Å². The molecule has 20 heavy (non-hydrogen) atoms. The Hall–Kier alpha value is -2.08. The van der Waals surface area contributed by atoms with Gasteiger partial charge < -0.3 is 4.85 Å². The summed E-state index contributed by atoms with van der Waals surface area (Å²) in [5.74, 6) is -0.698. The molecule has 0 radical (unpaired) electrons. The fourth-order valence-corrected chi connectivity index (χ4v) is 2.78. The molecule has 0 aliphatic heterocycles. The smallest absolute Gasteiger partial charge is 0.358 e. The van der Waals surface area contributed by atoms with E-state index >= 15 is 0 Å². The van der Waals surface area contributed by atoms with Crippen LogP contribution in [0.5, 0.6) is 0 Å². The summed E-state index contributed by atoms with van der Waals surface area (Å²) >= 11 is 0. The summed E-state index contributed by atoms with van der Waals surface area (Å²) in [6.07, 6.45) is -3.60. The number of sulfone groups is 1. The van der Waals surface area contributed by atoms with E-state index in [-0.39, 0.29) is 16.4 Å². The van der Waals surface area contributed by atoms with Crippen molar-refractivity contribution in [3.63, 3.8) is 0 Å². The normalized spacial score (nSPS) is 12.6. The van der Waals surface area contributed by atoms with Gasteiger partial charge in [-0.2, -0.15) is 13.2 Å². The summed E-state index contributed by atoms with van der Waals surface area (Å²) in [7, 11) is -3.77. The average molecular weight is 303 g/mol. The van der Waals surface area contributed by atoms with Gasteiger partial charge in [-0.25, -0.2) is 8.42 Å². The molecule has 0 spiro atoms. The van der Waals surface area contributed by atoms with Crippen molar-refractivity contribution in [3.8, 4) is 0 Å². The fraction of sp³-hybridized carbons (Fsp3) is 0.273. The number of nitrogens with zero attached hydrogens (tertiary/aromatic N) is 3. The molecule has 0 aliphatic rings. The van der Waals surface area contributed by atoms with E-state index in [1.54, 1.807) is 0 Å². The lowest BCUT2D eigenvalue weighted by Gasteiger charge is -2.06. The second-order valence-corrected chi connectivity index (χ2v) is 6.09. The van der Waals surface area contributed by atoms with Gasteiger partial charge in [0.2, 0.25) is 5.65 Å². The number of aromatic nitrogens is 2. The second kappa shape index (κ2) is 4.49. The first-order chi connectivity index (χ1) is 9.20. The Balaban J connectivity index is 2.82. The Morgan fingerprint density at radius 3 is 2.60 bits per heavy atom. The van der Waals surface area contributed by atoms with E-state index in [0.29, 0.717) is 6.07 Å². The highest BCUT2D eigenvalue weighted by atomic mass is 32.2. The molecule has 5 nitrogen and oxygen atoms in total. The molecule has 2 aromatic rings. The van der Waals surface area contributed by atoms with Gasteiger partial charge in [-0.15, -0.1) is 0 Å². The molecule has 0 atom stereocenters. The molecule has 9 heteroatoms. The number of imidazole rings is 1. The SMILES string of the molecule is [C-]#[N+]c1nc2cc(C(F)(F)F)ccn2c1S(=O)(=O)CC. The second-order valence-electron chi connectivity index (χ2n) is 3.90. The number of rotatable bonds is 2. The molecule has 0 bridgehead atoms. The Morgan fingerprint density at radius 2 is 2.10 bits per heavy atom. The number of pyridine rings is 1. The Kier molecular flexibility index (Phi) is 3.21. The zero-order valence-corrected chi connectivity index (χ0v) is 11.0. The van der Waals surface area contributed by atoms with Crippen LogP contribution in [0, 0.1) is 6.57 Å². The van der Waals surface area contributed by atoms with Crippen molar-refractivity contribution in [2.45, 2.75) is 18.1 Å². The largest absolute Gasteiger partial charge is 0.416 e. The van der Waals surface area contributed by atoms with Crippen LogP contribution in [-0.4, -0.2) is 23.6 Å². The van der Waals surface area contributed by atoms with Crippen LogP contribution < -0.4 is 0 Å². The molecule has 2 aromatic heterocycles. The summed E-state index contributed by atoms with van der Waals surface area (Å²) in [5, 5.41) is -0.376. The van der Waals surface area contributed by atoms with Crippen LogP contribution in [0.25, 0.3) is 10.5 Å². The Labute approximate surface area is 112 Å². The first-order valence-corrected chi connectivity index (χ1v) is 7.05. The Morgan fingerprint density at radius 1 is 1.45 bits per heavy atom. The van der Waals surface area contributed by atoms with Crippen molar-refractivity contribution in [1.29, 1.82) is 0 Å². The molecule has 0 saturated heterocycles. The van der Waals surface area contributed by atoms with Crippen molar-refractivity contribution in [1.82, 2.24) is 9.38 Å². The molecule has 0 N–H and O–H groups in total. The highest BCUT2D eigenvalue weighted by molar-refractivity contribution is 7.91. The lowest BCUT2D eigenvalue weighted by molar-refractivity contribution is -0.137. The van der Waals surface area contributed by atoms with Gasteiger partial charge in [0.25, 0.3) is 0 Å². The van der Waals surface area contributed by atoms with Crippen LogP contribution in [0.1, 0.15) is 12.5 Å². The number of hydrogen-bond acceptors (Lipinski definition) is 3. The zero-order chi connectivity index (χ0) is 15.1. The van der Waals surface area contributed by atoms with Crippen LogP contribution in [-0.2, 0) is 16.0 Å². The first-order valence-electron chi connectivity index (χ1n) is 5.40. The molecule has 0 aromatic carbocycles. The van der Waals surface area contributed by atoms with E-state index in [2.05, 4.69) is 9.83 Å². The molecule has 0 unspecified atom stereocenters. The van der Waals surface area contributed by atoms with Gasteiger partial charge in [-0.3, -0.25) is 4.40 Å². The molecule has 0 fully saturated rings. The van der Waals surface area contributed by atoms with Crippen molar-refractivity contribution in [2.24, 2.45) is 0 Å². The van der Waals surface area contributed by atoms with E-state index < -0.39 is 27.4 Å². The third-order valence-electron chi connectivity index (χ3n) is 2.67. The minimum absolute atomic E-state index is 0.224. The van der Waals surface area contributed by atoms with Gasteiger partial charge in [-0.1, -0.05) is 18.5 Å². The maximum absolute atomic E-state index is 12.6. The van der Waals surface area contributed by atoms with E-state index in [4.69, 9.17) is 6.57 Å². The minimum Gasteiger partial charge on any atom is -0.358 e. The van der Waals surface area contributed by atoms with E-state index in [0.717, 1.165) is 16.7 Å². The number of hydrogen-bond donors (Lipinski definition) is 0. The first kappa shape index (κ1) is 14.3. The standard InChI is InChI=1S/C11H8F3N3O2S/c1-3-20(18,19)10-9(15-2)16-8-6-7(11(12,13)14)4-5-17(8)10/h4-6H,3H2,1H3. The summed E-state index contributed by atoms with van der Waals surface area (Å²) in [6.45, 7) is 8.29. The van der Waals surface area contributed by atoms with Gasteiger partial charge in [0.15, 0.2) is 14.9 Å². The molecular formula is C11H8F3N3O2S. The quantitative estimate of drug-likeness (QED) is 0.802. The molecule has 106 valence electrons. The van der Waals surface area contributed by atoms with Crippen molar-refractivity contribution in [2.75, 3.05) is 5.75 Å². The molecule has 2 rings (SSSR count). The molecule has 0 saturated carbocycles. The number of fused-ring (bicyclic) bond motifs is 1. The van der Waals surface area contributed by atoms with Crippen molar-refractivity contribution >= 4 is 21.3 Å². The van der Waals surface area contributed by atoms with E-state index in [1.165, 1.54) is 6.92 Å². The summed E-state index contributed by atoms with van der Waals surface area (Å²) in [4.78, 5) is 6.62. The lowest BCUT2D eigenvalue weighted by Crippen LogP contribution is -2.09. The maximum atomic E-state index is 12.6. The molecule has 0 aliphatic carbocycles. The van der Waals surface area contributed by atoms with Crippen LogP contribution in [0.2, 0.25) is 0 Å². The summed E-state index contributed by atoms with van der Waals surface area (Å²) in [6, 6.07) is 1.46. The van der Waals surface area contributed by atoms with Crippen LogP contribution >= 0.6 is 0 Å². The zero-order valence-electron chi connectivity index (χ0n) is 10.1. The third-order valence-corrected chi connectivity index (χ3v) is 4.40. The third kappa shape index (κ3) is 2.22. The maximum Gasteiger partial charge on any atom is 0.416 e. The predicted molar refractivity (Wildman–Crippen MR) is 64.2 cm³/mol. The van der Waals surface area contributed by atoms with Gasteiger partial charge >= 0.3 is 12.0 Å². The van der Waals surface area contributed by atoms with Gasteiger partial charge in [-0.05, 0) is 6.07 Å². The lowest BCUT2D eigenvalue weighted by atomic mass is 10.2. The molecule has 2 heterocycles. The number of alkyl halides is 3. The average Bonchev–Trinajstić information content (AvgIpc) is 2.75. The highest BCUT2D eigenvalue weighted by Crippen LogP contribution is 2.32. The van der Waals surface area contributed by atoms with Crippen LogP contribution in [0.3, 0.4) is 0 Å². The van der Waals surface area contributed by atoms with Gasteiger partial charge in [0.1, 0.15) is 0 Å². The van der Waals surface area contributed by atoms with Crippen molar-refractivity contribution < 1.29 is 21.6 Å². The van der Waals surface area contributed by atoms with Gasteiger partial charge in [0, 0.05) is 12.3 Å². The predicted octanol–water partition coefficient (Wildman–Crippen LogP) is 2.70. The molecule has 0 amide bonds. The summed E-state index contributed by atoms with van der Waals surface area (Å²) < 4.78 is 62.6. The number of halogens is 3. The monoisotopic (exact) mass is 303 g/mol. The minimum atomic E-state index is -4.56. The topological polar surface area (TPSA) is 55.8 Å². The summed E-state index contributed by atoms with van der Waals surface area (Å²) in [5.41, 5.74) is -1.18. The Bertz CT molecular complexity index is 816. The van der Waals surface area contributed by atoms with E-state index in [1.807, 2.05) is 0 Å². The van der Waals surface area contributed by atoms with Crippen LogP contribution in [0.4, 0.5) is 19.0 Å². The highest BCUT2D eigenvalue weighted by Gasteiger charge is 2.33. The van der Waals surface area contributed by atoms with Gasteiger partial charge in [0.05, 0.1) is 11.3 Å².